The van der Waals surface area contributed by atoms with E-state index < -0.39 is 65.1 Å². The second-order valence-electron chi connectivity index (χ2n) is 5.61. The Morgan fingerprint density at radius 1 is 1.43 bits per heavy atom. The molecule has 5 N–H and O–H groups in total. The molecule has 164 valence electrons. The molecule has 2 heterocycles. The Kier molecular flexibility index (Phi) is 6.90. The maximum atomic E-state index is 12.6. The molecule has 1 fully saturated rings. The van der Waals surface area contributed by atoms with E-state index in [1.807, 2.05) is 0 Å². The summed E-state index contributed by atoms with van der Waals surface area (Å²) in [5.41, 5.74) is 4.84. The minimum atomic E-state index is -4.98. The van der Waals surface area contributed by atoms with Gasteiger partial charge in [0.05, 0.1) is 0 Å². The summed E-state index contributed by atoms with van der Waals surface area (Å²) in [5.74, 6) is -4.47. The van der Waals surface area contributed by atoms with E-state index in [0.29, 0.717) is 0 Å². The van der Waals surface area contributed by atoms with Crippen LogP contribution in [0.1, 0.15) is 12.6 Å². The summed E-state index contributed by atoms with van der Waals surface area (Å²) in [6.07, 6.45) is 0. The van der Waals surface area contributed by atoms with E-state index in [1.165, 1.54) is 5.38 Å². The molecule has 0 saturated carbocycles. The lowest BCUT2D eigenvalue weighted by molar-refractivity contribution is -0.154. The van der Waals surface area contributed by atoms with Gasteiger partial charge in [-0.25, -0.2) is 14.1 Å². The Hall–Kier alpha value is -3.31. The molecule has 17 heteroatoms. The van der Waals surface area contributed by atoms with Gasteiger partial charge in [0, 0.05) is 12.3 Å². The van der Waals surface area contributed by atoms with Crippen molar-refractivity contribution in [2.24, 2.45) is 5.16 Å². The van der Waals surface area contributed by atoms with Crippen molar-refractivity contribution in [1.82, 2.24) is 14.6 Å². The molecule has 0 aliphatic carbocycles. The molecule has 15 nitrogen and oxygen atoms in total. The van der Waals surface area contributed by atoms with Crippen molar-refractivity contribution >= 4 is 56.2 Å². The number of aromatic nitrogens is 1. The second kappa shape index (κ2) is 9.01. The van der Waals surface area contributed by atoms with Gasteiger partial charge in [0.25, 0.3) is 11.8 Å². The topological polar surface area (TPSA) is 228 Å². The summed E-state index contributed by atoms with van der Waals surface area (Å²) in [4.78, 5) is 54.6. The average Bonchev–Trinajstić information content (AvgIpc) is 3.04. The Balaban J connectivity index is 2.24. The van der Waals surface area contributed by atoms with Gasteiger partial charge >= 0.3 is 22.2 Å². The number of aliphatic carboxylic acids is 1. The Labute approximate surface area is 172 Å². The lowest BCUT2D eigenvalue weighted by Crippen LogP contribution is -2.73. The number of carboxylic acid groups (broad SMARTS) is 1. The van der Waals surface area contributed by atoms with E-state index in [-0.39, 0.29) is 15.1 Å². The second-order valence-corrected chi connectivity index (χ2v) is 7.79. The van der Waals surface area contributed by atoms with Crippen LogP contribution in [-0.4, -0.2) is 82.1 Å². The molecule has 0 bridgehead atoms. The third kappa shape index (κ3) is 5.39. The number of carbonyl (C=O) groups is 4. The number of nitrogen functional groups attached to an aromatic ring is 1. The minimum Gasteiger partial charge on any atom is -0.479 e. The van der Waals surface area contributed by atoms with Crippen molar-refractivity contribution < 1.29 is 46.8 Å². The lowest BCUT2D eigenvalue weighted by Gasteiger charge is -2.43. The zero-order valence-corrected chi connectivity index (χ0v) is 16.7. The normalized spacial score (nSPS) is 19.1. The van der Waals surface area contributed by atoms with E-state index in [0.717, 1.165) is 18.3 Å². The Morgan fingerprint density at radius 2 is 2.10 bits per heavy atom. The van der Waals surface area contributed by atoms with Gasteiger partial charge in [0.2, 0.25) is 6.61 Å². The molecule has 1 aromatic rings. The van der Waals surface area contributed by atoms with Crippen LogP contribution in [0.25, 0.3) is 0 Å². The van der Waals surface area contributed by atoms with Crippen LogP contribution in [0, 0.1) is 0 Å². The van der Waals surface area contributed by atoms with Gasteiger partial charge in [-0.1, -0.05) is 5.16 Å². The lowest BCUT2D eigenvalue weighted by atomic mass is 9.99. The number of ether oxygens (including phenoxy) is 1. The third-order valence-electron chi connectivity index (χ3n) is 3.49. The highest BCUT2D eigenvalue weighted by molar-refractivity contribution is 7.84. The van der Waals surface area contributed by atoms with E-state index in [1.54, 1.807) is 0 Å². The van der Waals surface area contributed by atoms with Crippen molar-refractivity contribution in [2.45, 2.75) is 19.0 Å². The van der Waals surface area contributed by atoms with Crippen LogP contribution in [0.3, 0.4) is 0 Å². The first kappa shape index (κ1) is 23.0. The van der Waals surface area contributed by atoms with Gasteiger partial charge in [0.15, 0.2) is 10.8 Å². The third-order valence-corrected chi connectivity index (χ3v) is 5.11. The smallest absolute Gasteiger partial charge is 0.362 e. The summed E-state index contributed by atoms with van der Waals surface area (Å²) >= 11 is 0.934. The molecule has 1 saturated heterocycles. The number of nitrogens with two attached hydrogens (primary N) is 1. The monoisotopic (exact) mass is 465 g/mol. The molecule has 2 atom stereocenters. The van der Waals surface area contributed by atoms with Crippen LogP contribution in [-0.2, 0) is 39.1 Å². The minimum absolute atomic E-state index is 0.0411. The first-order chi connectivity index (χ1) is 13.9. The predicted molar refractivity (Wildman–Crippen MR) is 97.4 cm³/mol. The zero-order valence-electron chi connectivity index (χ0n) is 15.0. The Bertz CT molecular complexity index is 1000. The quantitative estimate of drug-likeness (QED) is 0.0982. The van der Waals surface area contributed by atoms with Crippen LogP contribution >= 0.6 is 11.3 Å². The molecule has 1 aliphatic rings. The predicted octanol–water partition coefficient (Wildman–Crippen LogP) is -2.41. The van der Waals surface area contributed by atoms with Gasteiger partial charge in [-0.2, -0.15) is 8.42 Å². The maximum absolute atomic E-state index is 12.6. The number of anilines is 1. The van der Waals surface area contributed by atoms with E-state index >= 15 is 0 Å². The van der Waals surface area contributed by atoms with Crippen molar-refractivity contribution in [1.29, 1.82) is 0 Å². The summed E-state index contributed by atoms with van der Waals surface area (Å²) in [7, 11) is -4.98. The molecule has 2 rings (SSSR count). The molecule has 0 unspecified atom stereocenters. The molecule has 1 aromatic heterocycles. The van der Waals surface area contributed by atoms with Crippen LogP contribution in [0.15, 0.2) is 10.5 Å². The Morgan fingerprint density at radius 3 is 2.60 bits per heavy atom. The molecule has 0 spiro atoms. The van der Waals surface area contributed by atoms with Gasteiger partial charge in [-0.3, -0.25) is 18.9 Å². The molecule has 0 aromatic carbocycles. The standard InChI is InChI=1S/C13H15N5O10S2/c1-5(19)27-2-7-10(12(23)18(7)30(24,25)26)16-11(22)9(17-28-3-8(20)21)6-4-29-13(14)15-6/h4,7,10H,2-3H2,1H3,(H2,14,15)(H,16,22)(H,20,21)(H,24,25,26)/b17-9+/t7-,10+/m0/s1. The number of hydrogen-bond donors (Lipinski definition) is 4. The first-order valence-corrected chi connectivity index (χ1v) is 10.1. The van der Waals surface area contributed by atoms with Crippen molar-refractivity contribution in [3.8, 4) is 0 Å². The van der Waals surface area contributed by atoms with E-state index in [9.17, 15) is 27.6 Å². The number of carboxylic acids is 1. The fourth-order valence-corrected chi connectivity index (χ4v) is 3.70. The molecular weight excluding hydrogens is 450 g/mol. The number of oxime groups is 1. The summed E-state index contributed by atoms with van der Waals surface area (Å²) in [6.45, 7) is -0.495. The highest BCUT2D eigenvalue weighted by Crippen LogP contribution is 2.24. The number of thiazole rings is 1. The fraction of sp³-hybridized carbons (Fsp3) is 0.385. The molecule has 30 heavy (non-hydrogen) atoms. The maximum Gasteiger partial charge on any atom is 0.362 e. The summed E-state index contributed by atoms with van der Waals surface area (Å²) in [6, 6.07) is -2.94. The number of hydrogen-bond acceptors (Lipinski definition) is 12. The number of β-lactam (4-membered cyclic amide) rings is 1. The van der Waals surface area contributed by atoms with Gasteiger partial charge < -0.3 is 25.7 Å². The number of rotatable bonds is 9. The first-order valence-electron chi connectivity index (χ1n) is 7.79. The summed E-state index contributed by atoms with van der Waals surface area (Å²) < 4.78 is 36.6. The summed E-state index contributed by atoms with van der Waals surface area (Å²) in [5, 5.41) is 15.5. The van der Waals surface area contributed by atoms with Crippen molar-refractivity contribution in [3.05, 3.63) is 11.1 Å². The van der Waals surface area contributed by atoms with E-state index in [4.69, 9.17) is 15.4 Å². The zero-order chi connectivity index (χ0) is 22.6. The molecule has 1 aliphatic heterocycles. The largest absolute Gasteiger partial charge is 0.479 e. The SMILES string of the molecule is CC(=O)OC[C@H]1[C@@H](NC(=O)/C(=N/OCC(=O)O)c2csc(N)n2)C(=O)N1S(=O)(=O)O. The highest BCUT2D eigenvalue weighted by Gasteiger charge is 2.54. The molecule has 0 radical (unpaired) electrons. The van der Waals surface area contributed by atoms with E-state index in [2.05, 4.69) is 25.0 Å². The number of carbonyl (C=O) groups excluding carboxylic acids is 3. The van der Waals surface area contributed by atoms with Crippen LogP contribution in [0.4, 0.5) is 5.13 Å². The average molecular weight is 465 g/mol. The van der Waals surface area contributed by atoms with Gasteiger partial charge in [-0.05, 0) is 0 Å². The number of nitrogens with one attached hydrogen (secondary N) is 1. The van der Waals surface area contributed by atoms with Crippen LogP contribution in [0.2, 0.25) is 0 Å². The highest BCUT2D eigenvalue weighted by atomic mass is 32.2. The number of amides is 2. The fourth-order valence-electron chi connectivity index (χ4n) is 2.29. The van der Waals surface area contributed by atoms with Crippen LogP contribution < -0.4 is 11.1 Å². The van der Waals surface area contributed by atoms with Gasteiger partial charge in [0.1, 0.15) is 24.4 Å². The van der Waals surface area contributed by atoms with Crippen LogP contribution in [0.5, 0.6) is 0 Å². The number of nitrogens with zero attached hydrogens (tertiary/aromatic N) is 3. The molecule has 2 amide bonds. The van der Waals surface area contributed by atoms with Crippen molar-refractivity contribution in [2.75, 3.05) is 18.9 Å². The van der Waals surface area contributed by atoms with Crippen molar-refractivity contribution in [3.63, 3.8) is 0 Å². The molecular formula is C13H15N5O10S2. The van der Waals surface area contributed by atoms with Gasteiger partial charge in [-0.15, -0.1) is 11.3 Å². The number of esters is 1.